The van der Waals surface area contributed by atoms with Crippen LogP contribution in [0.2, 0.25) is 0 Å². The van der Waals surface area contributed by atoms with Gasteiger partial charge in [0, 0.05) is 5.38 Å². The standard InChI is InChI=1S/C19H26N2O3S2/c1-12(2)9-14-5-7-15(8-6-14)18(13(3)4)21-19(22)16-10-17(25-11-16)26(20,23)24/h5-8,10-13,18H,9H2,1-4H3,(H,21,22)(H2,20,23,24). The van der Waals surface area contributed by atoms with E-state index in [2.05, 4.69) is 31.3 Å². The van der Waals surface area contributed by atoms with Crippen molar-refractivity contribution in [3.63, 3.8) is 0 Å². The van der Waals surface area contributed by atoms with Gasteiger partial charge in [0.25, 0.3) is 5.91 Å². The van der Waals surface area contributed by atoms with E-state index < -0.39 is 10.0 Å². The largest absolute Gasteiger partial charge is 0.345 e. The Balaban J connectivity index is 2.17. The Hall–Kier alpha value is -1.70. The Morgan fingerprint density at radius 1 is 1.15 bits per heavy atom. The molecule has 142 valence electrons. The van der Waals surface area contributed by atoms with Gasteiger partial charge in [-0.25, -0.2) is 13.6 Å². The van der Waals surface area contributed by atoms with Crippen molar-refractivity contribution in [2.75, 3.05) is 0 Å². The number of nitrogens with two attached hydrogens (primary N) is 1. The quantitative estimate of drug-likeness (QED) is 0.750. The highest BCUT2D eigenvalue weighted by atomic mass is 32.2. The Morgan fingerprint density at radius 2 is 1.77 bits per heavy atom. The second kappa shape index (κ2) is 8.33. The van der Waals surface area contributed by atoms with Crippen molar-refractivity contribution in [2.45, 2.75) is 44.4 Å². The number of sulfonamides is 1. The first-order valence-corrected chi connectivity index (χ1v) is 11.0. The predicted molar refractivity (Wildman–Crippen MR) is 106 cm³/mol. The summed E-state index contributed by atoms with van der Waals surface area (Å²) in [5.41, 5.74) is 2.61. The maximum Gasteiger partial charge on any atom is 0.252 e. The molecule has 1 aromatic heterocycles. The first kappa shape index (κ1) is 20.6. The van der Waals surface area contributed by atoms with Gasteiger partial charge in [-0.15, -0.1) is 11.3 Å². The average molecular weight is 395 g/mol. The molecule has 0 aliphatic carbocycles. The van der Waals surface area contributed by atoms with Crippen molar-refractivity contribution in [3.05, 3.63) is 52.4 Å². The van der Waals surface area contributed by atoms with Gasteiger partial charge in [0.2, 0.25) is 10.0 Å². The van der Waals surface area contributed by atoms with Gasteiger partial charge in [0.15, 0.2) is 0 Å². The number of carbonyl (C=O) groups is 1. The summed E-state index contributed by atoms with van der Waals surface area (Å²) in [6.07, 6.45) is 1.02. The molecule has 2 rings (SSSR count). The molecule has 2 aromatic rings. The van der Waals surface area contributed by atoms with Crippen LogP contribution in [0.5, 0.6) is 0 Å². The smallest absolute Gasteiger partial charge is 0.252 e. The normalized spacial score (nSPS) is 13.2. The van der Waals surface area contributed by atoms with Crippen LogP contribution in [0, 0.1) is 11.8 Å². The summed E-state index contributed by atoms with van der Waals surface area (Å²) >= 11 is 0.950. The fraction of sp³-hybridized carbons (Fsp3) is 0.421. The molecule has 7 heteroatoms. The van der Waals surface area contributed by atoms with Gasteiger partial charge in [-0.1, -0.05) is 52.0 Å². The van der Waals surface area contributed by atoms with Crippen LogP contribution in [-0.4, -0.2) is 14.3 Å². The highest BCUT2D eigenvalue weighted by molar-refractivity contribution is 7.91. The zero-order valence-corrected chi connectivity index (χ0v) is 17.2. The van der Waals surface area contributed by atoms with E-state index >= 15 is 0 Å². The van der Waals surface area contributed by atoms with Gasteiger partial charge < -0.3 is 5.32 Å². The summed E-state index contributed by atoms with van der Waals surface area (Å²) in [7, 11) is -3.79. The molecular formula is C19H26N2O3S2. The summed E-state index contributed by atoms with van der Waals surface area (Å²) in [6.45, 7) is 8.44. The average Bonchev–Trinajstić information content (AvgIpc) is 3.03. The lowest BCUT2D eigenvalue weighted by molar-refractivity contribution is 0.0926. The fourth-order valence-electron chi connectivity index (χ4n) is 2.78. The minimum Gasteiger partial charge on any atom is -0.345 e. The summed E-state index contributed by atoms with van der Waals surface area (Å²) < 4.78 is 22.8. The van der Waals surface area contributed by atoms with Crippen LogP contribution >= 0.6 is 11.3 Å². The molecule has 1 atom stereocenters. The number of amides is 1. The topological polar surface area (TPSA) is 89.3 Å². The lowest BCUT2D eigenvalue weighted by Crippen LogP contribution is -2.31. The van der Waals surface area contributed by atoms with Crippen molar-refractivity contribution >= 4 is 27.3 Å². The molecule has 1 aromatic carbocycles. The zero-order chi connectivity index (χ0) is 19.5. The second-order valence-electron chi connectivity index (χ2n) is 7.23. The maximum atomic E-state index is 12.5. The van der Waals surface area contributed by atoms with E-state index in [-0.39, 0.29) is 22.1 Å². The Morgan fingerprint density at radius 3 is 2.23 bits per heavy atom. The molecule has 1 amide bonds. The van der Waals surface area contributed by atoms with Crippen LogP contribution < -0.4 is 10.5 Å². The van der Waals surface area contributed by atoms with Crippen LogP contribution in [-0.2, 0) is 16.4 Å². The van der Waals surface area contributed by atoms with E-state index in [1.165, 1.54) is 17.0 Å². The molecule has 0 saturated heterocycles. The van der Waals surface area contributed by atoms with Crippen LogP contribution in [0.4, 0.5) is 0 Å². The van der Waals surface area contributed by atoms with E-state index in [0.717, 1.165) is 23.3 Å². The number of nitrogens with one attached hydrogen (secondary N) is 1. The molecule has 0 bridgehead atoms. The summed E-state index contributed by atoms with van der Waals surface area (Å²) in [6, 6.07) is 9.45. The molecule has 0 fully saturated rings. The summed E-state index contributed by atoms with van der Waals surface area (Å²) in [5.74, 6) is 0.473. The van der Waals surface area contributed by atoms with Crippen LogP contribution in [0.1, 0.15) is 55.2 Å². The van der Waals surface area contributed by atoms with E-state index in [4.69, 9.17) is 5.14 Å². The third kappa shape index (κ3) is 5.40. The van der Waals surface area contributed by atoms with Gasteiger partial charge in [0.1, 0.15) is 4.21 Å². The number of hydrogen-bond acceptors (Lipinski definition) is 4. The molecule has 0 saturated carbocycles. The number of carbonyl (C=O) groups excluding carboxylic acids is 1. The van der Waals surface area contributed by atoms with Crippen molar-refractivity contribution in [1.29, 1.82) is 0 Å². The van der Waals surface area contributed by atoms with Gasteiger partial charge >= 0.3 is 0 Å². The minimum atomic E-state index is -3.79. The molecular weight excluding hydrogens is 368 g/mol. The van der Waals surface area contributed by atoms with E-state index in [1.807, 2.05) is 26.0 Å². The van der Waals surface area contributed by atoms with Gasteiger partial charge in [-0.3, -0.25) is 4.79 Å². The van der Waals surface area contributed by atoms with Crippen LogP contribution in [0.3, 0.4) is 0 Å². The second-order valence-corrected chi connectivity index (χ2v) is 9.93. The third-order valence-electron chi connectivity index (χ3n) is 4.05. The van der Waals surface area contributed by atoms with Crippen molar-refractivity contribution in [3.8, 4) is 0 Å². The molecule has 1 heterocycles. The maximum absolute atomic E-state index is 12.5. The molecule has 0 spiro atoms. The van der Waals surface area contributed by atoms with Crippen LogP contribution in [0.25, 0.3) is 0 Å². The lowest BCUT2D eigenvalue weighted by Gasteiger charge is -2.23. The van der Waals surface area contributed by atoms with Crippen molar-refractivity contribution in [1.82, 2.24) is 5.32 Å². The Labute approximate surface area is 159 Å². The molecule has 3 N–H and O–H groups in total. The van der Waals surface area contributed by atoms with Crippen LogP contribution in [0.15, 0.2) is 39.9 Å². The summed E-state index contributed by atoms with van der Waals surface area (Å²) in [4.78, 5) is 12.5. The highest BCUT2D eigenvalue weighted by Gasteiger charge is 2.21. The third-order valence-corrected chi connectivity index (χ3v) is 6.44. The Bertz CT molecular complexity index is 853. The fourth-order valence-corrected chi connectivity index (χ4v) is 4.36. The number of rotatable bonds is 7. The number of primary sulfonamides is 1. The number of benzene rings is 1. The first-order valence-electron chi connectivity index (χ1n) is 8.59. The molecule has 5 nitrogen and oxygen atoms in total. The van der Waals surface area contributed by atoms with Gasteiger partial charge in [-0.05, 0) is 35.4 Å². The van der Waals surface area contributed by atoms with Gasteiger partial charge in [0.05, 0.1) is 11.6 Å². The van der Waals surface area contributed by atoms with Gasteiger partial charge in [-0.2, -0.15) is 0 Å². The minimum absolute atomic E-state index is 0.0122. The van der Waals surface area contributed by atoms with Crippen molar-refractivity contribution < 1.29 is 13.2 Å². The van der Waals surface area contributed by atoms with E-state index in [1.54, 1.807) is 0 Å². The molecule has 0 aliphatic heterocycles. The monoisotopic (exact) mass is 394 g/mol. The lowest BCUT2D eigenvalue weighted by atomic mass is 9.93. The first-order chi connectivity index (χ1) is 12.1. The highest BCUT2D eigenvalue weighted by Crippen LogP contribution is 2.25. The molecule has 26 heavy (non-hydrogen) atoms. The number of thiophene rings is 1. The molecule has 0 radical (unpaired) electrons. The Kier molecular flexibility index (Phi) is 6.60. The zero-order valence-electron chi connectivity index (χ0n) is 15.5. The summed E-state index contributed by atoms with van der Waals surface area (Å²) in [5, 5.41) is 9.63. The molecule has 1 unspecified atom stereocenters. The van der Waals surface area contributed by atoms with Crippen molar-refractivity contribution in [2.24, 2.45) is 17.0 Å². The SMILES string of the molecule is CC(C)Cc1ccc(C(NC(=O)c2csc(S(N)(=O)=O)c2)C(C)C)cc1. The van der Waals surface area contributed by atoms with E-state index in [0.29, 0.717) is 11.5 Å². The number of hydrogen-bond donors (Lipinski definition) is 2. The predicted octanol–water partition coefficient (Wildman–Crippen LogP) is 3.72. The molecule has 0 aliphatic rings. The van der Waals surface area contributed by atoms with E-state index in [9.17, 15) is 13.2 Å².